The first kappa shape index (κ1) is 78.4. The van der Waals surface area contributed by atoms with Crippen LogP contribution in [0.3, 0.4) is 0 Å². The summed E-state index contributed by atoms with van der Waals surface area (Å²) in [4.78, 5) is 0. The molecule has 3 nitrogen and oxygen atoms in total. The lowest BCUT2D eigenvalue weighted by molar-refractivity contribution is 1.19. The van der Waals surface area contributed by atoms with Crippen molar-refractivity contribution in [1.82, 2.24) is 13.7 Å². The Bertz CT molecular complexity index is 11600. The van der Waals surface area contributed by atoms with Gasteiger partial charge >= 0.3 is 0 Å². The highest BCUT2D eigenvalue weighted by molar-refractivity contribution is 7.28. The molecule has 0 unspecified atom stereocenters. The fourth-order valence-electron chi connectivity index (χ4n) is 25.7. The van der Waals surface area contributed by atoms with Crippen molar-refractivity contribution in [3.63, 3.8) is 0 Å². The van der Waals surface area contributed by atoms with Gasteiger partial charge in [-0.3, -0.25) is 0 Å². The smallest absolute Gasteiger partial charge is 0.0726 e. The summed E-state index contributed by atoms with van der Waals surface area (Å²) in [7, 11) is 0. The summed E-state index contributed by atoms with van der Waals surface area (Å²) in [6, 6.07) is 173. The molecule has 0 bridgehead atoms. The maximum atomic E-state index is 2.58. The minimum Gasteiger partial charge on any atom is -0.308 e. The van der Waals surface area contributed by atoms with E-state index in [1.165, 1.54) is 315 Å². The van der Waals surface area contributed by atoms with E-state index >= 15 is 0 Å². The molecule has 0 radical (unpaired) electrons. The molecule has 34 rings (SSSR count). The summed E-state index contributed by atoms with van der Waals surface area (Å²) in [5, 5.41) is 57.8. The van der Waals surface area contributed by atoms with Crippen molar-refractivity contribution >= 4 is 332 Å². The Labute approximate surface area is 823 Å². The summed E-state index contributed by atoms with van der Waals surface area (Å²) >= 11 is 5.79. The normalized spacial score (nSPS) is 12.4. The average molecular weight is 1850 g/mol. The molecule has 0 spiro atoms. The third kappa shape index (κ3) is 10.8. The molecule has 0 atom stereocenters. The van der Waals surface area contributed by atoms with Gasteiger partial charge in [-0.05, 0) is 201 Å². The Morgan fingerprint density at radius 1 is 0.127 bits per heavy atom. The molecule has 0 amide bonds. The van der Waals surface area contributed by atoms with Crippen LogP contribution in [0.2, 0.25) is 0 Å². The van der Waals surface area contributed by atoms with Gasteiger partial charge < -0.3 is 13.7 Å². The second-order valence-electron chi connectivity index (χ2n) is 38.3. The number of thiophene rings is 3. The van der Waals surface area contributed by atoms with Gasteiger partial charge in [0.15, 0.2) is 0 Å². The number of aromatic nitrogens is 3. The second kappa shape index (κ2) is 30.0. The number of fused-ring (bicyclic) bond motifs is 57. The maximum Gasteiger partial charge on any atom is 0.0726 e. The molecule has 6 heterocycles. The van der Waals surface area contributed by atoms with Crippen molar-refractivity contribution in [2.45, 2.75) is 0 Å². The minimum absolute atomic E-state index is 1.19. The summed E-state index contributed by atoms with van der Waals surface area (Å²) in [5.41, 5.74) is 11.2. The van der Waals surface area contributed by atoms with Crippen LogP contribution in [0.5, 0.6) is 0 Å². The van der Waals surface area contributed by atoms with Crippen molar-refractivity contribution < 1.29 is 0 Å². The van der Waals surface area contributed by atoms with Crippen molar-refractivity contribution in [3.05, 3.63) is 467 Å². The Hall–Kier alpha value is -17.6. The van der Waals surface area contributed by atoms with Crippen molar-refractivity contribution in [3.8, 4) is 17.1 Å². The monoisotopic (exact) mass is 1850 g/mol. The molecule has 6 heteroatoms. The first-order valence-corrected chi connectivity index (χ1v) is 51.5. The number of hydrogen-bond acceptors (Lipinski definition) is 3. The van der Waals surface area contributed by atoms with E-state index in [2.05, 4.69) is 481 Å². The number of para-hydroxylation sites is 3. The zero-order chi connectivity index (χ0) is 92.4. The lowest BCUT2D eigenvalue weighted by Gasteiger charge is -2.16. The highest BCUT2D eigenvalue weighted by Gasteiger charge is 2.31. The molecule has 0 N–H and O–H groups in total. The number of nitrogens with zero attached hydrogens (tertiary/aromatic N) is 3. The van der Waals surface area contributed by atoms with Gasteiger partial charge in [-0.2, -0.15) is 0 Å². The van der Waals surface area contributed by atoms with Crippen LogP contribution in [0, 0.1) is 0 Å². The number of rotatable bonds is 3. The second-order valence-corrected chi connectivity index (χ2v) is 41.5. The van der Waals surface area contributed by atoms with Gasteiger partial charge in [0.1, 0.15) is 0 Å². The molecule has 654 valence electrons. The Morgan fingerprint density at radius 3 is 0.725 bits per heavy atom. The molecule has 0 saturated carbocycles. The average Bonchev–Trinajstić information content (AvgIpc) is 1.51. The quantitative estimate of drug-likeness (QED) is 0.157. The Kier molecular flexibility index (Phi) is 16.5. The number of hydrogen-bond donors (Lipinski definition) is 0. The first-order valence-electron chi connectivity index (χ1n) is 49.0. The largest absolute Gasteiger partial charge is 0.308 e. The number of benzene rings is 28. The van der Waals surface area contributed by atoms with Gasteiger partial charge in [0.2, 0.25) is 0 Å². The molecule has 34 aromatic rings. The molecule has 6 aromatic heterocycles. The summed E-state index contributed by atoms with van der Waals surface area (Å²) in [6.07, 6.45) is 0. The van der Waals surface area contributed by atoms with Crippen LogP contribution >= 0.6 is 34.0 Å². The van der Waals surface area contributed by atoms with Crippen molar-refractivity contribution in [1.29, 1.82) is 0 Å². The van der Waals surface area contributed by atoms with Crippen LogP contribution in [-0.2, 0) is 0 Å². The lowest BCUT2D eigenvalue weighted by Crippen LogP contribution is -1.96. The van der Waals surface area contributed by atoms with Gasteiger partial charge in [-0.15, -0.1) is 34.0 Å². The molecule has 0 aliphatic heterocycles. The van der Waals surface area contributed by atoms with Crippen molar-refractivity contribution in [2.24, 2.45) is 0 Å². The fraction of sp³-hybridized carbons (Fsp3) is 0. The van der Waals surface area contributed by atoms with Gasteiger partial charge in [-0.25, -0.2) is 0 Å². The van der Waals surface area contributed by atoms with Crippen molar-refractivity contribution in [2.75, 3.05) is 0 Å². The van der Waals surface area contributed by atoms with Gasteiger partial charge in [0.25, 0.3) is 0 Å². The molecular formula is C136H77N3S3. The summed E-state index contributed by atoms with van der Waals surface area (Å²) in [6.45, 7) is 0. The highest BCUT2D eigenvalue weighted by Crippen LogP contribution is 2.58. The van der Waals surface area contributed by atoms with Crippen LogP contribution < -0.4 is 0 Å². The molecule has 0 aliphatic rings. The van der Waals surface area contributed by atoms with Crippen LogP contribution in [-0.4, -0.2) is 13.7 Å². The van der Waals surface area contributed by atoms with Crippen LogP contribution in [0.25, 0.3) is 315 Å². The predicted octanol–water partition coefficient (Wildman–Crippen LogP) is 39.9. The topological polar surface area (TPSA) is 14.8 Å². The molecular weight excluding hydrogens is 1770 g/mol. The maximum absolute atomic E-state index is 2.58. The summed E-state index contributed by atoms with van der Waals surface area (Å²) in [5.74, 6) is 0. The SMILES string of the molecule is c1ccc2c(c1)cc(-n1c3ccccc3c3c4c5ccccc5c5ccccc5c4c4c5ccccc5sc4c31)c1ccccc12.c1ccc2c(c1)ccc1ccc(-n3c4ccccc4c4c5c6ccccc6c6ccccc6c5c5c6ccccc6sc5c43)cc12.c1ccc2c(c1)sc1c2c2c3ccccc3c3ccccc3c2c2c3ccccc3n(-c3ccc4c5ccccc5c5ccccc5c4c3)c12. The van der Waals surface area contributed by atoms with Gasteiger partial charge in [0, 0.05) is 128 Å². The van der Waals surface area contributed by atoms with E-state index in [4.69, 9.17) is 0 Å². The zero-order valence-corrected chi connectivity index (χ0v) is 79.0. The van der Waals surface area contributed by atoms with Gasteiger partial charge in [0.05, 0.1) is 52.9 Å². The van der Waals surface area contributed by atoms with E-state index < -0.39 is 0 Å². The van der Waals surface area contributed by atoms with E-state index in [-0.39, 0.29) is 0 Å². The van der Waals surface area contributed by atoms with E-state index in [0.717, 1.165) is 0 Å². The molecule has 142 heavy (non-hydrogen) atoms. The molecule has 0 fully saturated rings. The van der Waals surface area contributed by atoms with Crippen LogP contribution in [0.15, 0.2) is 467 Å². The lowest BCUT2D eigenvalue weighted by atomic mass is 9.89. The van der Waals surface area contributed by atoms with E-state index in [1.54, 1.807) is 0 Å². The third-order valence-corrected chi connectivity index (χ3v) is 34.8. The first-order chi connectivity index (χ1) is 70.6. The fourth-order valence-corrected chi connectivity index (χ4v) is 29.4. The summed E-state index contributed by atoms with van der Waals surface area (Å²) < 4.78 is 15.7. The molecule has 0 saturated heterocycles. The Morgan fingerprint density at radius 2 is 0.352 bits per heavy atom. The van der Waals surface area contributed by atoms with E-state index in [0.29, 0.717) is 0 Å². The van der Waals surface area contributed by atoms with E-state index in [9.17, 15) is 0 Å². The van der Waals surface area contributed by atoms with E-state index in [1.807, 2.05) is 34.0 Å². The Balaban J connectivity index is 0.0000000959. The zero-order valence-electron chi connectivity index (χ0n) is 76.5. The molecule has 28 aromatic carbocycles. The van der Waals surface area contributed by atoms with Crippen LogP contribution in [0.1, 0.15) is 0 Å². The van der Waals surface area contributed by atoms with Gasteiger partial charge in [-0.1, -0.05) is 400 Å². The van der Waals surface area contributed by atoms with Crippen LogP contribution in [0.4, 0.5) is 0 Å². The minimum atomic E-state index is 1.19. The highest BCUT2D eigenvalue weighted by atomic mass is 32.1. The predicted molar refractivity (Wildman–Crippen MR) is 621 cm³/mol. The standard InChI is InChI=1S/C48H27NS.2C44H25NS/c1-2-15-31-29(13-1)30-14-3-4-18-34(30)40-27-28(25-26-35(31)40)49-41-23-11-9-21-38(41)45-43-36-19-7-5-16-32(36)33-17-6-8-20-37(33)44(43)46-39-22-10-12-24-42(39)50-48(46)47(45)49;1-2-14-27-26(13-1)25-37(31-18-6-3-15-28(27)31)45-36-23-11-9-21-34(36)41-39-32-19-7-4-16-29(32)30-17-5-8-20-33(30)40(39)42-35-22-10-12-24-38(35)46-44(42)43(41)45;1-2-12-29-26(11-1)21-22-27-23-24-28(25-36(27)29)45-37-19-9-7-17-34(37)41-39-32-15-5-3-13-30(32)31-14-4-6-16-33(31)40(39)42-35-18-8-10-20-38(35)46-44(42)43(41)45/h1-27H;2*1-25H. The third-order valence-electron chi connectivity index (χ3n) is 31.3. The molecule has 0 aliphatic carbocycles.